The molecule has 1 N–H and O–H groups in total. The average Bonchev–Trinajstić information content (AvgIpc) is 3.21. The number of imide groups is 1. The van der Waals surface area contributed by atoms with Gasteiger partial charge in [-0.25, -0.2) is 14.4 Å². The monoisotopic (exact) mass is 436 g/mol. The summed E-state index contributed by atoms with van der Waals surface area (Å²) in [6, 6.07) is 12.8. The van der Waals surface area contributed by atoms with E-state index in [1.165, 1.54) is 6.07 Å². The number of aryl methyl sites for hydroxylation is 1. The number of amides is 3. The Hall–Kier alpha value is -4.14. The van der Waals surface area contributed by atoms with E-state index in [9.17, 15) is 19.2 Å². The third-order valence-corrected chi connectivity index (χ3v) is 5.00. The molecule has 0 aliphatic carbocycles. The zero-order chi connectivity index (χ0) is 22.7. The van der Waals surface area contributed by atoms with Gasteiger partial charge in [0, 0.05) is 30.6 Å². The summed E-state index contributed by atoms with van der Waals surface area (Å²) in [5.74, 6) is -0.690. The molecule has 0 unspecified atom stereocenters. The number of carbonyl (C=O) groups is 3. The molecule has 3 amide bonds. The summed E-state index contributed by atoms with van der Waals surface area (Å²) >= 11 is 0. The van der Waals surface area contributed by atoms with Crippen molar-refractivity contribution >= 4 is 28.9 Å². The molecule has 2 aromatic carbocycles. The molecule has 0 spiro atoms. The maximum Gasteiger partial charge on any atom is 0.338 e. The quantitative estimate of drug-likeness (QED) is 0.466. The van der Waals surface area contributed by atoms with Crippen molar-refractivity contribution < 1.29 is 28.3 Å². The molecule has 1 fully saturated rings. The lowest BCUT2D eigenvalue weighted by Gasteiger charge is -2.12. The number of carbonyl (C=O) groups excluding carboxylic acids is 3. The largest absolute Gasteiger partial charge is 0.489 e. The molecule has 32 heavy (non-hydrogen) atoms. The molecule has 1 aliphatic heterocycles. The second-order valence-corrected chi connectivity index (χ2v) is 7.25. The molecule has 0 radical (unpaired) electrons. The van der Waals surface area contributed by atoms with E-state index in [1.807, 2.05) is 13.0 Å². The Bertz CT molecular complexity index is 1250. The first-order chi connectivity index (χ1) is 15.4. The first-order valence-electron chi connectivity index (χ1n) is 9.92. The van der Waals surface area contributed by atoms with Gasteiger partial charge >= 0.3 is 17.6 Å². The number of urea groups is 1. The van der Waals surface area contributed by atoms with Gasteiger partial charge in [0.2, 0.25) is 0 Å². The van der Waals surface area contributed by atoms with E-state index in [1.54, 1.807) is 36.4 Å². The van der Waals surface area contributed by atoms with Crippen molar-refractivity contribution in [3.63, 3.8) is 0 Å². The van der Waals surface area contributed by atoms with Crippen LogP contribution in [0.4, 0.5) is 4.79 Å². The van der Waals surface area contributed by atoms with Crippen LogP contribution in [0.3, 0.4) is 0 Å². The zero-order valence-corrected chi connectivity index (χ0v) is 17.3. The average molecular weight is 436 g/mol. The topological polar surface area (TPSA) is 115 Å². The van der Waals surface area contributed by atoms with Crippen LogP contribution in [-0.4, -0.2) is 42.5 Å². The Morgan fingerprint density at radius 2 is 1.88 bits per heavy atom. The van der Waals surface area contributed by atoms with Gasteiger partial charge in [0.25, 0.3) is 5.91 Å². The van der Waals surface area contributed by atoms with Gasteiger partial charge in [0.1, 0.15) is 17.9 Å². The molecule has 1 aliphatic rings. The molecule has 9 heteroatoms. The van der Waals surface area contributed by atoms with Crippen molar-refractivity contribution in [1.82, 2.24) is 10.2 Å². The fraction of sp³-hybridized carbons (Fsp3) is 0.217. The van der Waals surface area contributed by atoms with Crippen LogP contribution in [0.2, 0.25) is 0 Å². The van der Waals surface area contributed by atoms with Crippen LogP contribution in [0.1, 0.15) is 21.5 Å². The SMILES string of the molecule is Cc1cc(=O)oc2cc(OCc3ccc(C(=O)OCC(=O)N4CCNC4=O)cc3)ccc12. The molecule has 0 bridgehead atoms. The summed E-state index contributed by atoms with van der Waals surface area (Å²) in [4.78, 5) is 48.1. The number of fused-ring (bicyclic) bond motifs is 1. The molecule has 3 aromatic rings. The minimum Gasteiger partial charge on any atom is -0.489 e. The number of nitrogens with zero attached hydrogens (tertiary/aromatic N) is 1. The van der Waals surface area contributed by atoms with Gasteiger partial charge < -0.3 is 19.2 Å². The first kappa shape index (κ1) is 21.1. The Balaban J connectivity index is 1.33. The predicted molar refractivity (Wildman–Crippen MR) is 113 cm³/mol. The summed E-state index contributed by atoms with van der Waals surface area (Å²) < 4.78 is 16.0. The fourth-order valence-electron chi connectivity index (χ4n) is 3.30. The molecular weight excluding hydrogens is 416 g/mol. The van der Waals surface area contributed by atoms with Gasteiger partial charge in [-0.15, -0.1) is 0 Å². The highest BCUT2D eigenvalue weighted by atomic mass is 16.5. The maximum atomic E-state index is 12.2. The first-order valence-corrected chi connectivity index (χ1v) is 9.92. The Morgan fingerprint density at radius 3 is 2.59 bits per heavy atom. The van der Waals surface area contributed by atoms with E-state index in [-0.39, 0.29) is 18.7 Å². The number of rotatable bonds is 6. The zero-order valence-electron chi connectivity index (χ0n) is 17.3. The van der Waals surface area contributed by atoms with Gasteiger partial charge in [-0.2, -0.15) is 0 Å². The Morgan fingerprint density at radius 1 is 1.09 bits per heavy atom. The van der Waals surface area contributed by atoms with Crippen molar-refractivity contribution in [2.75, 3.05) is 19.7 Å². The lowest BCUT2D eigenvalue weighted by molar-refractivity contribution is -0.130. The van der Waals surface area contributed by atoms with Gasteiger partial charge in [-0.05, 0) is 42.3 Å². The molecule has 0 atom stereocenters. The fourth-order valence-corrected chi connectivity index (χ4v) is 3.30. The Labute approximate surface area is 182 Å². The van der Waals surface area contributed by atoms with E-state index < -0.39 is 30.1 Å². The van der Waals surface area contributed by atoms with E-state index in [4.69, 9.17) is 13.9 Å². The normalized spacial score (nSPS) is 13.2. The van der Waals surface area contributed by atoms with E-state index in [2.05, 4.69) is 5.32 Å². The minimum atomic E-state index is -0.662. The summed E-state index contributed by atoms with van der Waals surface area (Å²) in [7, 11) is 0. The standard InChI is InChI=1S/C23H20N2O7/c1-14-10-21(27)32-19-11-17(6-7-18(14)19)30-12-15-2-4-16(5-3-15)22(28)31-13-20(26)25-9-8-24-23(25)29/h2-7,10-11H,8-9,12-13H2,1H3,(H,24,29). The highest BCUT2D eigenvalue weighted by molar-refractivity contribution is 5.98. The molecule has 1 aromatic heterocycles. The molecule has 1 saturated heterocycles. The summed E-state index contributed by atoms with van der Waals surface area (Å²) in [6.07, 6.45) is 0. The molecular formula is C23H20N2O7. The van der Waals surface area contributed by atoms with E-state index in [0.29, 0.717) is 17.9 Å². The van der Waals surface area contributed by atoms with E-state index >= 15 is 0 Å². The molecule has 164 valence electrons. The maximum absolute atomic E-state index is 12.2. The summed E-state index contributed by atoms with van der Waals surface area (Å²) in [5.41, 5.74) is 1.94. The van der Waals surface area contributed by atoms with Crippen LogP contribution < -0.4 is 15.7 Å². The lowest BCUT2D eigenvalue weighted by atomic mass is 10.1. The van der Waals surface area contributed by atoms with Gasteiger partial charge in [0.05, 0.1) is 5.56 Å². The molecule has 2 heterocycles. The van der Waals surface area contributed by atoms with Gasteiger partial charge in [0.15, 0.2) is 6.61 Å². The predicted octanol–water partition coefficient (Wildman–Crippen LogP) is 2.39. The second-order valence-electron chi connectivity index (χ2n) is 7.25. The number of benzene rings is 2. The number of nitrogens with one attached hydrogen (secondary N) is 1. The van der Waals surface area contributed by atoms with Crippen molar-refractivity contribution in [2.45, 2.75) is 13.5 Å². The van der Waals surface area contributed by atoms with Crippen LogP contribution >= 0.6 is 0 Å². The second kappa shape index (κ2) is 8.93. The number of ether oxygens (including phenoxy) is 2. The van der Waals surface area contributed by atoms with Crippen molar-refractivity contribution in [3.8, 4) is 5.75 Å². The number of esters is 1. The van der Waals surface area contributed by atoms with E-state index in [0.717, 1.165) is 21.4 Å². The highest BCUT2D eigenvalue weighted by Gasteiger charge is 2.26. The third-order valence-electron chi connectivity index (χ3n) is 5.00. The van der Waals surface area contributed by atoms with Gasteiger partial charge in [-0.3, -0.25) is 9.69 Å². The third kappa shape index (κ3) is 4.61. The lowest BCUT2D eigenvalue weighted by Crippen LogP contribution is -2.37. The summed E-state index contributed by atoms with van der Waals surface area (Å²) in [5, 5.41) is 3.34. The van der Waals surface area contributed by atoms with Crippen LogP contribution in [-0.2, 0) is 16.1 Å². The number of hydrogen-bond acceptors (Lipinski definition) is 7. The van der Waals surface area contributed by atoms with Crippen molar-refractivity contribution in [3.05, 3.63) is 75.6 Å². The van der Waals surface area contributed by atoms with Crippen molar-refractivity contribution in [2.24, 2.45) is 0 Å². The van der Waals surface area contributed by atoms with Gasteiger partial charge in [-0.1, -0.05) is 12.1 Å². The van der Waals surface area contributed by atoms with Crippen LogP contribution in [0.25, 0.3) is 11.0 Å². The number of hydrogen-bond donors (Lipinski definition) is 1. The van der Waals surface area contributed by atoms with Crippen LogP contribution in [0.15, 0.2) is 57.7 Å². The molecule has 4 rings (SSSR count). The van der Waals surface area contributed by atoms with Crippen molar-refractivity contribution in [1.29, 1.82) is 0 Å². The van der Waals surface area contributed by atoms with Crippen LogP contribution in [0, 0.1) is 6.92 Å². The smallest absolute Gasteiger partial charge is 0.338 e. The highest BCUT2D eigenvalue weighted by Crippen LogP contribution is 2.23. The Kier molecular flexibility index (Phi) is 5.89. The molecule has 9 nitrogen and oxygen atoms in total. The van der Waals surface area contributed by atoms with Crippen LogP contribution in [0.5, 0.6) is 5.75 Å². The minimum absolute atomic E-state index is 0.236. The summed E-state index contributed by atoms with van der Waals surface area (Å²) in [6.45, 7) is 2.21. The molecule has 0 saturated carbocycles.